The number of nitrogens with one attached hydrogen (secondary N) is 1. The number of aryl methyl sites for hydroxylation is 2. The van der Waals surface area contributed by atoms with Crippen molar-refractivity contribution < 1.29 is 9.53 Å². The van der Waals surface area contributed by atoms with Crippen LogP contribution in [0.2, 0.25) is 0 Å². The molecule has 0 radical (unpaired) electrons. The van der Waals surface area contributed by atoms with Crippen molar-refractivity contribution in [1.29, 1.82) is 0 Å². The van der Waals surface area contributed by atoms with Crippen LogP contribution in [0.15, 0.2) is 18.2 Å². The first-order valence-corrected chi connectivity index (χ1v) is 6.99. The van der Waals surface area contributed by atoms with Gasteiger partial charge in [-0.2, -0.15) is 0 Å². The molecule has 0 aromatic heterocycles. The van der Waals surface area contributed by atoms with Crippen molar-refractivity contribution in [2.45, 2.75) is 20.8 Å². The molecule has 1 rings (SSSR count). The Morgan fingerprint density at radius 2 is 1.85 bits per heavy atom. The molecule has 0 unspecified atom stereocenters. The van der Waals surface area contributed by atoms with Gasteiger partial charge in [-0.25, -0.2) is 0 Å². The number of rotatable bonds is 7. The second-order valence-corrected chi connectivity index (χ2v) is 5.78. The first-order chi connectivity index (χ1) is 9.36. The first kappa shape index (κ1) is 16.5. The van der Waals surface area contributed by atoms with E-state index in [1.54, 1.807) is 0 Å². The highest BCUT2D eigenvalue weighted by Gasteiger charge is 2.07. The maximum absolute atomic E-state index is 11.7. The highest BCUT2D eigenvalue weighted by Crippen LogP contribution is 2.15. The molecule has 0 saturated heterocycles. The zero-order chi connectivity index (χ0) is 15.1. The molecular weight excluding hydrogens is 252 g/mol. The molecule has 1 amide bonds. The number of hydrogen-bond donors (Lipinski definition) is 1. The van der Waals surface area contributed by atoms with E-state index < -0.39 is 0 Å². The van der Waals surface area contributed by atoms with E-state index in [-0.39, 0.29) is 12.5 Å². The van der Waals surface area contributed by atoms with Crippen LogP contribution in [0.1, 0.15) is 18.1 Å². The summed E-state index contributed by atoms with van der Waals surface area (Å²) in [7, 11) is 4.06. The molecule has 1 atom stereocenters. The molecule has 1 aromatic carbocycles. The lowest BCUT2D eigenvalue weighted by Gasteiger charge is -2.17. The van der Waals surface area contributed by atoms with E-state index in [0.29, 0.717) is 12.5 Å². The van der Waals surface area contributed by atoms with Crippen molar-refractivity contribution in [3.63, 3.8) is 0 Å². The minimum Gasteiger partial charge on any atom is -0.484 e. The summed E-state index contributed by atoms with van der Waals surface area (Å²) in [4.78, 5) is 13.8. The van der Waals surface area contributed by atoms with Crippen LogP contribution in [-0.4, -0.2) is 44.6 Å². The van der Waals surface area contributed by atoms with Gasteiger partial charge in [0.2, 0.25) is 0 Å². The van der Waals surface area contributed by atoms with Crippen molar-refractivity contribution >= 4 is 5.91 Å². The molecule has 4 nitrogen and oxygen atoms in total. The zero-order valence-electron chi connectivity index (χ0n) is 13.2. The summed E-state index contributed by atoms with van der Waals surface area (Å²) >= 11 is 0. The fraction of sp³-hybridized carbons (Fsp3) is 0.562. The van der Waals surface area contributed by atoms with E-state index in [9.17, 15) is 4.79 Å². The number of carbonyl (C=O) groups excluding carboxylic acids is 1. The Kier molecular flexibility index (Phi) is 6.52. The highest BCUT2D eigenvalue weighted by atomic mass is 16.5. The van der Waals surface area contributed by atoms with Crippen molar-refractivity contribution in [3.8, 4) is 5.75 Å². The molecule has 0 bridgehead atoms. The fourth-order valence-electron chi connectivity index (χ4n) is 2.19. The lowest BCUT2D eigenvalue weighted by Crippen LogP contribution is -2.35. The summed E-state index contributed by atoms with van der Waals surface area (Å²) in [5.41, 5.74) is 2.28. The van der Waals surface area contributed by atoms with Gasteiger partial charge in [0.1, 0.15) is 5.75 Å². The Balaban J connectivity index is 2.32. The Hall–Kier alpha value is -1.55. The van der Waals surface area contributed by atoms with Gasteiger partial charge >= 0.3 is 0 Å². The van der Waals surface area contributed by atoms with Gasteiger partial charge in [-0.05, 0) is 57.1 Å². The van der Waals surface area contributed by atoms with E-state index >= 15 is 0 Å². The molecule has 0 aliphatic heterocycles. The fourth-order valence-corrected chi connectivity index (χ4v) is 2.19. The molecule has 0 saturated carbocycles. The van der Waals surface area contributed by atoms with Crippen molar-refractivity contribution in [2.75, 3.05) is 33.8 Å². The number of nitrogens with zero attached hydrogens (tertiary/aromatic N) is 1. The minimum absolute atomic E-state index is 0.0670. The van der Waals surface area contributed by atoms with Gasteiger partial charge < -0.3 is 15.0 Å². The van der Waals surface area contributed by atoms with Gasteiger partial charge in [0.25, 0.3) is 5.91 Å². The van der Waals surface area contributed by atoms with Crippen LogP contribution < -0.4 is 10.1 Å². The van der Waals surface area contributed by atoms with E-state index in [1.165, 1.54) is 0 Å². The molecular formula is C16H26N2O2. The second kappa shape index (κ2) is 7.90. The monoisotopic (exact) mass is 278 g/mol. The molecule has 0 fully saturated rings. The van der Waals surface area contributed by atoms with Gasteiger partial charge in [-0.1, -0.05) is 13.0 Å². The summed E-state index contributed by atoms with van der Waals surface area (Å²) in [6.45, 7) is 7.85. The summed E-state index contributed by atoms with van der Waals surface area (Å²) in [6.07, 6.45) is 0. The third-order valence-corrected chi connectivity index (χ3v) is 2.89. The summed E-state index contributed by atoms with van der Waals surface area (Å²) in [5.74, 6) is 1.10. The van der Waals surface area contributed by atoms with Gasteiger partial charge in [0.05, 0.1) is 0 Å². The predicted octanol–water partition coefficient (Wildman–Crippen LogP) is 2.00. The Labute approximate surface area is 122 Å². The maximum atomic E-state index is 11.7. The molecule has 112 valence electrons. The number of hydrogen-bond acceptors (Lipinski definition) is 3. The van der Waals surface area contributed by atoms with Crippen LogP contribution in [0, 0.1) is 19.8 Å². The molecule has 1 aromatic rings. The number of carbonyl (C=O) groups is 1. The van der Waals surface area contributed by atoms with Gasteiger partial charge in [-0.3, -0.25) is 4.79 Å². The zero-order valence-corrected chi connectivity index (χ0v) is 13.2. The molecule has 0 heterocycles. The Morgan fingerprint density at radius 3 is 2.40 bits per heavy atom. The summed E-state index contributed by atoms with van der Waals surface area (Å²) < 4.78 is 5.52. The molecule has 1 N–H and O–H groups in total. The smallest absolute Gasteiger partial charge is 0.257 e. The lowest BCUT2D eigenvalue weighted by molar-refractivity contribution is -0.123. The summed E-state index contributed by atoms with van der Waals surface area (Å²) in [5, 5.41) is 2.90. The third kappa shape index (κ3) is 6.57. The average molecular weight is 278 g/mol. The van der Waals surface area contributed by atoms with Crippen molar-refractivity contribution in [1.82, 2.24) is 10.2 Å². The molecule has 0 aliphatic carbocycles. The van der Waals surface area contributed by atoms with E-state index in [0.717, 1.165) is 23.4 Å². The van der Waals surface area contributed by atoms with Crippen LogP contribution in [0.3, 0.4) is 0 Å². The maximum Gasteiger partial charge on any atom is 0.257 e. The van der Waals surface area contributed by atoms with Crippen molar-refractivity contribution in [3.05, 3.63) is 29.3 Å². The largest absolute Gasteiger partial charge is 0.484 e. The average Bonchev–Trinajstić information content (AvgIpc) is 2.32. The van der Waals surface area contributed by atoms with Crippen LogP contribution in [-0.2, 0) is 4.79 Å². The van der Waals surface area contributed by atoms with Gasteiger partial charge in [0.15, 0.2) is 6.61 Å². The Bertz CT molecular complexity index is 424. The number of amides is 1. The van der Waals surface area contributed by atoms with Crippen molar-refractivity contribution in [2.24, 2.45) is 5.92 Å². The quantitative estimate of drug-likeness (QED) is 0.829. The third-order valence-electron chi connectivity index (χ3n) is 2.89. The van der Waals surface area contributed by atoms with E-state index in [2.05, 4.69) is 23.2 Å². The number of benzene rings is 1. The van der Waals surface area contributed by atoms with Gasteiger partial charge in [0, 0.05) is 13.1 Å². The predicted molar refractivity (Wildman–Crippen MR) is 82.1 cm³/mol. The summed E-state index contributed by atoms with van der Waals surface area (Å²) in [6, 6.07) is 5.96. The SMILES string of the molecule is Cc1cc(C)cc(OCC(=O)NC[C@@H](C)CN(C)C)c1. The second-order valence-electron chi connectivity index (χ2n) is 5.78. The highest BCUT2D eigenvalue weighted by molar-refractivity contribution is 5.77. The van der Waals surface area contributed by atoms with E-state index in [4.69, 9.17) is 4.74 Å². The lowest BCUT2D eigenvalue weighted by atomic mass is 10.1. The molecule has 4 heteroatoms. The normalized spacial score (nSPS) is 12.3. The molecule has 0 spiro atoms. The Morgan fingerprint density at radius 1 is 1.25 bits per heavy atom. The minimum atomic E-state index is -0.0743. The topological polar surface area (TPSA) is 41.6 Å². The van der Waals surface area contributed by atoms with Crippen LogP contribution in [0.25, 0.3) is 0 Å². The van der Waals surface area contributed by atoms with Crippen LogP contribution in [0.5, 0.6) is 5.75 Å². The van der Waals surface area contributed by atoms with Crippen LogP contribution in [0.4, 0.5) is 0 Å². The van der Waals surface area contributed by atoms with Gasteiger partial charge in [-0.15, -0.1) is 0 Å². The molecule has 0 aliphatic rings. The standard InChI is InChI=1S/C16H26N2O2/c1-12-6-13(2)8-15(7-12)20-11-16(19)17-9-14(3)10-18(4)5/h6-8,14H,9-11H2,1-5H3,(H,17,19)/t14-/m1/s1. The number of ether oxygens (including phenoxy) is 1. The molecule has 20 heavy (non-hydrogen) atoms. The first-order valence-electron chi connectivity index (χ1n) is 6.99. The van der Waals surface area contributed by atoms with E-state index in [1.807, 2.05) is 40.1 Å². The van der Waals surface area contributed by atoms with Crippen LogP contribution >= 0.6 is 0 Å².